The Morgan fingerprint density at radius 1 is 1.29 bits per heavy atom. The van der Waals surface area contributed by atoms with Gasteiger partial charge in [0.2, 0.25) is 0 Å². The quantitative estimate of drug-likeness (QED) is 0.739. The molecule has 17 heavy (non-hydrogen) atoms. The van der Waals surface area contributed by atoms with E-state index in [0.717, 1.165) is 13.0 Å². The summed E-state index contributed by atoms with van der Waals surface area (Å²) in [4.78, 5) is 9.45. The largest absolute Gasteiger partial charge is 0.397 e. The highest BCUT2D eigenvalue weighted by molar-refractivity contribution is 5.03. The summed E-state index contributed by atoms with van der Waals surface area (Å²) in [5, 5.41) is 4.18. The summed E-state index contributed by atoms with van der Waals surface area (Å²) in [6.45, 7) is 4.68. The Morgan fingerprint density at radius 2 is 2.12 bits per heavy atom. The van der Waals surface area contributed by atoms with E-state index in [4.69, 9.17) is 10.6 Å². The van der Waals surface area contributed by atoms with Gasteiger partial charge in [-0.15, -0.1) is 9.94 Å². The number of aromatic nitrogens is 2. The highest BCUT2D eigenvalue weighted by Gasteiger charge is 2.11. The molecule has 5 nitrogen and oxygen atoms in total. The van der Waals surface area contributed by atoms with Gasteiger partial charge in [-0.25, -0.2) is 0 Å². The molecule has 0 bridgehead atoms. The van der Waals surface area contributed by atoms with Gasteiger partial charge < -0.3 is 10.6 Å². The molecule has 0 atom stereocenters. The standard InChI is InChI=1S/C12H22N4O/c13-5-4-8-17-16-11-12(9-14-16)10-15-6-2-1-3-7-15/h9,11H,1-8,10,13H2. The number of nitrogens with two attached hydrogens (primary N) is 1. The van der Waals surface area contributed by atoms with E-state index in [1.54, 1.807) is 4.85 Å². The molecule has 0 saturated carbocycles. The molecular weight excluding hydrogens is 216 g/mol. The fourth-order valence-electron chi connectivity index (χ4n) is 2.11. The average Bonchev–Trinajstić information content (AvgIpc) is 2.79. The predicted molar refractivity (Wildman–Crippen MR) is 66.5 cm³/mol. The number of likely N-dealkylation sites (tertiary alicyclic amines) is 1. The van der Waals surface area contributed by atoms with Crippen LogP contribution in [0.15, 0.2) is 12.4 Å². The van der Waals surface area contributed by atoms with Crippen LogP contribution in [-0.4, -0.2) is 41.1 Å². The molecule has 2 rings (SSSR count). The third kappa shape index (κ3) is 4.02. The minimum atomic E-state index is 0.626. The van der Waals surface area contributed by atoms with Gasteiger partial charge in [-0.05, 0) is 38.9 Å². The smallest absolute Gasteiger partial charge is 0.118 e. The van der Waals surface area contributed by atoms with Crippen molar-refractivity contribution in [1.29, 1.82) is 0 Å². The van der Waals surface area contributed by atoms with Crippen molar-refractivity contribution in [2.24, 2.45) is 5.73 Å². The van der Waals surface area contributed by atoms with Crippen LogP contribution >= 0.6 is 0 Å². The second-order valence-electron chi connectivity index (χ2n) is 4.56. The molecule has 0 aromatic carbocycles. The summed E-state index contributed by atoms with van der Waals surface area (Å²) in [7, 11) is 0. The second kappa shape index (κ2) is 6.61. The van der Waals surface area contributed by atoms with Gasteiger partial charge in [-0.3, -0.25) is 4.90 Å². The van der Waals surface area contributed by atoms with Gasteiger partial charge in [0.1, 0.15) is 6.61 Å². The summed E-state index contributed by atoms with van der Waals surface area (Å²) in [6.07, 6.45) is 8.73. The van der Waals surface area contributed by atoms with Crippen molar-refractivity contribution in [3.8, 4) is 0 Å². The molecule has 96 valence electrons. The molecule has 1 aromatic rings. The molecule has 5 heteroatoms. The molecule has 1 fully saturated rings. The Bertz CT molecular complexity index is 320. The van der Waals surface area contributed by atoms with Crippen LogP contribution in [0.3, 0.4) is 0 Å². The van der Waals surface area contributed by atoms with Crippen molar-refractivity contribution in [2.45, 2.75) is 32.2 Å². The van der Waals surface area contributed by atoms with Crippen LogP contribution in [-0.2, 0) is 6.54 Å². The van der Waals surface area contributed by atoms with Gasteiger partial charge in [-0.1, -0.05) is 6.42 Å². The van der Waals surface area contributed by atoms with Gasteiger partial charge >= 0.3 is 0 Å². The lowest BCUT2D eigenvalue weighted by atomic mass is 10.1. The lowest BCUT2D eigenvalue weighted by molar-refractivity contribution is 0.0813. The van der Waals surface area contributed by atoms with Gasteiger partial charge in [-0.2, -0.15) is 0 Å². The van der Waals surface area contributed by atoms with Crippen LogP contribution < -0.4 is 10.6 Å². The van der Waals surface area contributed by atoms with Gasteiger partial charge in [0.05, 0.1) is 12.4 Å². The number of hydrogen-bond acceptors (Lipinski definition) is 4. The number of rotatable bonds is 6. The van der Waals surface area contributed by atoms with Crippen molar-refractivity contribution in [2.75, 3.05) is 26.2 Å². The zero-order valence-electron chi connectivity index (χ0n) is 10.3. The highest BCUT2D eigenvalue weighted by atomic mass is 16.7. The second-order valence-corrected chi connectivity index (χ2v) is 4.56. The molecule has 2 heterocycles. The molecule has 1 aliphatic heterocycles. The molecule has 1 saturated heterocycles. The Morgan fingerprint density at radius 3 is 2.88 bits per heavy atom. The Hall–Kier alpha value is -1.07. The van der Waals surface area contributed by atoms with Gasteiger partial charge in [0.15, 0.2) is 0 Å². The zero-order valence-corrected chi connectivity index (χ0v) is 10.3. The van der Waals surface area contributed by atoms with Crippen molar-refractivity contribution in [3.05, 3.63) is 18.0 Å². The van der Waals surface area contributed by atoms with Crippen LogP contribution in [0.1, 0.15) is 31.2 Å². The lowest BCUT2D eigenvalue weighted by Gasteiger charge is -2.25. The minimum Gasteiger partial charge on any atom is -0.397 e. The van der Waals surface area contributed by atoms with Crippen molar-refractivity contribution in [3.63, 3.8) is 0 Å². The first-order valence-corrected chi connectivity index (χ1v) is 6.48. The third-order valence-electron chi connectivity index (χ3n) is 3.04. The first-order chi connectivity index (χ1) is 8.38. The molecule has 2 N–H and O–H groups in total. The minimum absolute atomic E-state index is 0.626. The molecule has 0 radical (unpaired) electrons. The van der Waals surface area contributed by atoms with E-state index in [1.807, 2.05) is 12.4 Å². The number of nitrogens with zero attached hydrogens (tertiary/aromatic N) is 3. The Labute approximate surface area is 102 Å². The van der Waals surface area contributed by atoms with E-state index in [9.17, 15) is 0 Å². The normalized spacial score (nSPS) is 17.2. The van der Waals surface area contributed by atoms with Crippen molar-refractivity contribution in [1.82, 2.24) is 14.8 Å². The van der Waals surface area contributed by atoms with Crippen molar-refractivity contribution >= 4 is 0 Å². The van der Waals surface area contributed by atoms with E-state index in [-0.39, 0.29) is 0 Å². The molecule has 0 amide bonds. The van der Waals surface area contributed by atoms with Crippen LogP contribution in [0.4, 0.5) is 0 Å². The zero-order chi connectivity index (χ0) is 11.9. The lowest BCUT2D eigenvalue weighted by Crippen LogP contribution is -2.28. The maximum absolute atomic E-state index is 5.42. The Kier molecular flexibility index (Phi) is 4.82. The van der Waals surface area contributed by atoms with Crippen molar-refractivity contribution < 1.29 is 4.84 Å². The van der Waals surface area contributed by atoms with E-state index in [2.05, 4.69) is 10.00 Å². The SMILES string of the molecule is NCCCOn1cc(CN2CCCCC2)cn1. The Balaban J connectivity index is 1.76. The average molecular weight is 238 g/mol. The fourth-order valence-corrected chi connectivity index (χ4v) is 2.11. The topological polar surface area (TPSA) is 56.3 Å². The number of hydrogen-bond donors (Lipinski definition) is 1. The first-order valence-electron chi connectivity index (χ1n) is 6.48. The fraction of sp³-hybridized carbons (Fsp3) is 0.750. The van der Waals surface area contributed by atoms with Crippen LogP contribution in [0, 0.1) is 0 Å². The summed E-state index contributed by atoms with van der Waals surface area (Å²) in [6, 6.07) is 0. The first kappa shape index (κ1) is 12.4. The van der Waals surface area contributed by atoms with Crippen LogP contribution in [0.2, 0.25) is 0 Å². The van der Waals surface area contributed by atoms with Gasteiger partial charge in [0.25, 0.3) is 0 Å². The number of piperidine rings is 1. The summed E-state index contributed by atoms with van der Waals surface area (Å²) >= 11 is 0. The van der Waals surface area contributed by atoms with E-state index < -0.39 is 0 Å². The van der Waals surface area contributed by atoms with Crippen LogP contribution in [0.5, 0.6) is 0 Å². The summed E-state index contributed by atoms with van der Waals surface area (Å²) in [5.74, 6) is 0. The molecule has 1 aliphatic rings. The third-order valence-corrected chi connectivity index (χ3v) is 3.04. The maximum atomic E-state index is 5.42. The molecule has 0 unspecified atom stereocenters. The van der Waals surface area contributed by atoms with E-state index in [0.29, 0.717) is 13.2 Å². The monoisotopic (exact) mass is 238 g/mol. The molecule has 0 aliphatic carbocycles. The summed E-state index contributed by atoms with van der Waals surface area (Å²) in [5.41, 5.74) is 6.63. The van der Waals surface area contributed by atoms with E-state index >= 15 is 0 Å². The molecule has 1 aromatic heterocycles. The van der Waals surface area contributed by atoms with Crippen LogP contribution in [0.25, 0.3) is 0 Å². The van der Waals surface area contributed by atoms with Gasteiger partial charge in [0, 0.05) is 12.1 Å². The predicted octanol–water partition coefficient (Wildman–Crippen LogP) is 0.646. The molecular formula is C12H22N4O. The molecule has 0 spiro atoms. The van der Waals surface area contributed by atoms with E-state index in [1.165, 1.54) is 37.9 Å². The summed E-state index contributed by atoms with van der Waals surface area (Å²) < 4.78 is 0. The maximum Gasteiger partial charge on any atom is 0.118 e. The highest BCUT2D eigenvalue weighted by Crippen LogP contribution is 2.12.